The molecule has 0 spiro atoms. The fourth-order valence-electron chi connectivity index (χ4n) is 15.7. The number of pyridine rings is 1. The quantitative estimate of drug-likeness (QED) is 0.0450. The van der Waals surface area contributed by atoms with Crippen LogP contribution in [0.1, 0.15) is 115 Å². The number of benzene rings is 8. The lowest BCUT2D eigenvalue weighted by molar-refractivity contribution is -0.0644. The van der Waals surface area contributed by atoms with Crippen molar-refractivity contribution in [2.24, 2.45) is 0 Å². The number of hydrogen-bond donors (Lipinski definition) is 5. The molecule has 15 aromatic rings. The SMILES string of the molecule is CCC1(c2c(-c3ccc(C(=O)O)c(F)c3)c3cc4[nH]ncc4cc3n2-c2ccc(F)cc2)COC1.CCCC(C)c1c(-c2ccc(C(=O)O)cc2)c2cc3[nH]ncc3cc2n1-c1ccc(F)cc1.Cc1cc(-c2c(C3(CC#N)CCC3)n(-c3ccc(F)cc3)c3cc4cn[nH]c4cc23)cnc1P(C)(C)=O. The topological polar surface area (TPSA) is 238 Å². The van der Waals surface area contributed by atoms with Crippen molar-refractivity contribution in [3.8, 4) is 56.5 Å². The molecule has 8 heterocycles. The Morgan fingerprint density at radius 2 is 1.06 bits per heavy atom. The molecule has 7 aromatic heterocycles. The smallest absolute Gasteiger partial charge is 0.338 e. The number of nitrogens with zero attached hydrogens (tertiary/aromatic N) is 8. The molecule has 17 nitrogen and oxygen atoms in total. The van der Waals surface area contributed by atoms with Gasteiger partial charge < -0.3 is 33.2 Å². The predicted octanol–water partition coefficient (Wildman–Crippen LogP) is 19.3. The summed E-state index contributed by atoms with van der Waals surface area (Å²) in [6.07, 6.45) is 13.1. The van der Waals surface area contributed by atoms with E-state index in [2.05, 4.69) is 106 Å². The molecule has 0 amide bonds. The molecule has 2 aliphatic rings. The maximum atomic E-state index is 14.9. The first-order valence-corrected chi connectivity index (χ1v) is 37.4. The first kappa shape index (κ1) is 69.0. The van der Waals surface area contributed by atoms with Gasteiger partial charge in [0, 0.05) is 107 Å². The second-order valence-electron chi connectivity index (χ2n) is 28.0. The van der Waals surface area contributed by atoms with E-state index in [-0.39, 0.29) is 45.3 Å². The Kier molecular flexibility index (Phi) is 17.8. The zero-order valence-electron chi connectivity index (χ0n) is 58.3. The molecule has 1 atom stereocenters. The number of nitrogens with one attached hydrogen (secondary N) is 3. The van der Waals surface area contributed by atoms with E-state index in [4.69, 9.17) is 4.74 Å². The number of ether oxygens (including phenoxy) is 1. The summed E-state index contributed by atoms with van der Waals surface area (Å²) < 4.78 is 81.5. The molecule has 8 aromatic carbocycles. The average molecular weight is 1430 g/mol. The first-order valence-electron chi connectivity index (χ1n) is 34.8. The van der Waals surface area contributed by atoms with Gasteiger partial charge in [-0.05, 0) is 208 Å². The summed E-state index contributed by atoms with van der Waals surface area (Å²) >= 11 is 0. The lowest BCUT2D eigenvalue weighted by Crippen LogP contribution is -2.47. The highest BCUT2D eigenvalue weighted by Crippen LogP contribution is 2.55. The van der Waals surface area contributed by atoms with Crippen LogP contribution in [0.5, 0.6) is 0 Å². The fraction of sp³-hybridized carbons (Fsp3) is 0.217. The van der Waals surface area contributed by atoms with Crippen molar-refractivity contribution in [2.45, 2.75) is 89.4 Å². The molecule has 1 saturated carbocycles. The van der Waals surface area contributed by atoms with Crippen LogP contribution in [0.15, 0.2) is 183 Å². The number of carbonyl (C=O) groups is 2. The number of hydrogen-bond acceptors (Lipinski definition) is 9. The molecular formula is C83H72F4N11O6P. The summed E-state index contributed by atoms with van der Waals surface area (Å²) in [6.45, 7) is 12.9. The van der Waals surface area contributed by atoms with Gasteiger partial charge in [0.2, 0.25) is 0 Å². The minimum Gasteiger partial charge on any atom is -0.478 e. The van der Waals surface area contributed by atoms with Crippen LogP contribution in [0.3, 0.4) is 0 Å². The van der Waals surface area contributed by atoms with E-state index in [0.717, 1.165) is 171 Å². The van der Waals surface area contributed by atoms with E-state index in [1.54, 1.807) is 86.5 Å². The van der Waals surface area contributed by atoms with Gasteiger partial charge in [0.1, 0.15) is 35.8 Å². The number of aromatic nitrogens is 10. The van der Waals surface area contributed by atoms with E-state index in [1.165, 1.54) is 48.5 Å². The summed E-state index contributed by atoms with van der Waals surface area (Å²) in [5, 5.41) is 56.0. The highest BCUT2D eigenvalue weighted by Gasteiger charge is 2.46. The van der Waals surface area contributed by atoms with Crippen molar-refractivity contribution in [3.63, 3.8) is 0 Å². The van der Waals surface area contributed by atoms with Crippen LogP contribution in [0.4, 0.5) is 17.6 Å². The highest BCUT2D eigenvalue weighted by molar-refractivity contribution is 7.70. The second-order valence-corrected chi connectivity index (χ2v) is 31.1. The van der Waals surface area contributed by atoms with Gasteiger partial charge in [-0.1, -0.05) is 51.8 Å². The molecule has 22 heteroatoms. The van der Waals surface area contributed by atoms with Crippen LogP contribution in [-0.2, 0) is 20.1 Å². The van der Waals surface area contributed by atoms with Crippen LogP contribution in [0.2, 0.25) is 0 Å². The summed E-state index contributed by atoms with van der Waals surface area (Å²) in [7, 11) is -2.54. The monoisotopic (exact) mass is 1430 g/mol. The van der Waals surface area contributed by atoms with E-state index in [0.29, 0.717) is 30.6 Å². The predicted molar refractivity (Wildman–Crippen MR) is 402 cm³/mol. The molecule has 17 rings (SSSR count). The minimum atomic E-state index is -2.54. The molecule has 1 aliphatic carbocycles. The normalized spacial score (nSPS) is 14.2. The average Bonchev–Trinajstić information content (AvgIpc) is 1.57. The largest absolute Gasteiger partial charge is 0.478 e. The molecule has 105 heavy (non-hydrogen) atoms. The summed E-state index contributed by atoms with van der Waals surface area (Å²) in [6, 6.07) is 47.5. The van der Waals surface area contributed by atoms with Crippen LogP contribution in [-0.4, -0.2) is 98.0 Å². The Morgan fingerprint density at radius 3 is 1.47 bits per heavy atom. The minimum absolute atomic E-state index is 0.220. The number of carboxylic acid groups (broad SMARTS) is 2. The molecule has 5 N–H and O–H groups in total. The number of aromatic amines is 3. The Morgan fingerprint density at radius 1 is 0.590 bits per heavy atom. The van der Waals surface area contributed by atoms with Gasteiger partial charge in [0.05, 0.1) is 87.5 Å². The summed E-state index contributed by atoms with van der Waals surface area (Å²) in [4.78, 5) is 27.5. The zero-order valence-corrected chi connectivity index (χ0v) is 59.2. The van der Waals surface area contributed by atoms with Crippen molar-refractivity contribution in [1.82, 2.24) is 49.3 Å². The maximum Gasteiger partial charge on any atom is 0.338 e. The van der Waals surface area contributed by atoms with Crippen molar-refractivity contribution < 1.29 is 46.7 Å². The molecule has 528 valence electrons. The molecule has 2 fully saturated rings. The van der Waals surface area contributed by atoms with E-state index < -0.39 is 24.9 Å². The highest BCUT2D eigenvalue weighted by atomic mass is 31.2. The molecule has 1 unspecified atom stereocenters. The van der Waals surface area contributed by atoms with Crippen LogP contribution in [0.25, 0.3) is 116 Å². The van der Waals surface area contributed by atoms with Gasteiger partial charge >= 0.3 is 11.9 Å². The standard InChI is InChI=1S/C29H27FN5OP.C27H21F2N3O3.C27H24FN3O2/c1-18-13-20(16-32-28(18)37(2,3)36)26-23-15-24-19(17-33-34-24)14-25(23)35(22-7-5-21(30)6-8-22)27(26)29(11-12-31)9-4-10-29;1-2-27(13-35-14-27)25-24(15-3-8-19(26(33)34)21(29)9-15)20-11-22-16(12-30-31-22)10-23(20)32(25)18-6-4-17(28)5-7-18;1-3-4-16(2)26-25(17-5-7-18(8-6-17)27(32)33)22-14-23-19(15-29-30-23)13-24(22)31(26)21-11-9-20(28)10-12-21/h5-8,13-17H,4,9-11H2,1-3H3,(H,33,34);3-12H,2,13-14H2,1H3,(H,30,31)(H,33,34);5-16H,3-4H2,1-2H3,(H,29,30)(H,32,33). The number of aromatic carboxylic acids is 2. The molecule has 0 bridgehead atoms. The molecule has 1 saturated heterocycles. The third kappa shape index (κ3) is 12.2. The van der Waals surface area contributed by atoms with Gasteiger partial charge in [-0.15, -0.1) is 0 Å². The Bertz CT molecular complexity index is 6010. The lowest BCUT2D eigenvalue weighted by atomic mass is 9.63. The third-order valence-electron chi connectivity index (χ3n) is 21.0. The van der Waals surface area contributed by atoms with Gasteiger partial charge in [0.15, 0.2) is 0 Å². The van der Waals surface area contributed by atoms with E-state index in [9.17, 15) is 47.2 Å². The number of carboxylic acids is 2. The van der Waals surface area contributed by atoms with Crippen LogP contribution < -0.4 is 5.44 Å². The van der Waals surface area contributed by atoms with Crippen molar-refractivity contribution in [2.75, 3.05) is 26.5 Å². The van der Waals surface area contributed by atoms with Crippen LogP contribution in [0, 0.1) is 41.5 Å². The summed E-state index contributed by atoms with van der Waals surface area (Å²) in [5.41, 5.74) is 17.1. The summed E-state index contributed by atoms with van der Waals surface area (Å²) in [5.74, 6) is -3.77. The second kappa shape index (κ2) is 27.2. The third-order valence-corrected chi connectivity index (χ3v) is 22.5. The number of fused-ring (bicyclic) bond motifs is 6. The van der Waals surface area contributed by atoms with Crippen molar-refractivity contribution >= 4 is 89.9 Å². The van der Waals surface area contributed by atoms with Gasteiger partial charge in [0.25, 0.3) is 0 Å². The van der Waals surface area contributed by atoms with Crippen LogP contribution >= 0.6 is 7.14 Å². The number of nitriles is 1. The Hall–Kier alpha value is -11.7. The number of halogens is 4. The molecule has 1 aliphatic heterocycles. The van der Waals surface area contributed by atoms with E-state index >= 15 is 0 Å². The van der Waals surface area contributed by atoms with Crippen molar-refractivity contribution in [1.29, 1.82) is 5.26 Å². The van der Waals surface area contributed by atoms with Gasteiger partial charge in [-0.3, -0.25) is 20.3 Å². The first-order chi connectivity index (χ1) is 50.6. The van der Waals surface area contributed by atoms with E-state index in [1.807, 2.05) is 37.4 Å². The zero-order chi connectivity index (χ0) is 73.4. The van der Waals surface area contributed by atoms with Crippen molar-refractivity contribution in [3.05, 3.63) is 240 Å². The lowest BCUT2D eigenvalue weighted by Gasteiger charge is -2.42. The van der Waals surface area contributed by atoms with Gasteiger partial charge in [-0.25, -0.2) is 27.2 Å². The Labute approximate surface area is 600 Å². The fourth-order valence-corrected chi connectivity index (χ4v) is 17.0. The number of aryl methyl sites for hydroxylation is 1. The Balaban J connectivity index is 0.000000127. The maximum absolute atomic E-state index is 14.9. The molecular weight excluding hydrogens is 1350 g/mol. The van der Waals surface area contributed by atoms with Gasteiger partial charge in [-0.2, -0.15) is 20.6 Å². The number of rotatable bonds is 16. The number of H-pyrrole nitrogens is 3. The molecule has 0 radical (unpaired) electrons.